The lowest BCUT2D eigenvalue weighted by molar-refractivity contribution is 1.33. The van der Waals surface area contributed by atoms with E-state index in [4.69, 9.17) is 9.97 Å². The Balaban J connectivity index is 1.58. The van der Waals surface area contributed by atoms with Gasteiger partial charge in [0.15, 0.2) is 0 Å². The molecule has 8 aromatic rings. The van der Waals surface area contributed by atoms with E-state index in [0.717, 1.165) is 33.0 Å². The molecule has 0 spiro atoms. The molecule has 38 heavy (non-hydrogen) atoms. The van der Waals surface area contributed by atoms with E-state index in [2.05, 4.69) is 89.9 Å². The smallest absolute Gasteiger partial charge is 0.0973 e. The van der Waals surface area contributed by atoms with Gasteiger partial charge in [0.25, 0.3) is 0 Å². The topological polar surface area (TPSA) is 38.7 Å². The van der Waals surface area contributed by atoms with Crippen molar-refractivity contribution in [3.8, 4) is 22.3 Å². The van der Waals surface area contributed by atoms with Crippen molar-refractivity contribution in [3.63, 3.8) is 0 Å². The van der Waals surface area contributed by atoms with Gasteiger partial charge in [-0.15, -0.1) is 0 Å². The van der Waals surface area contributed by atoms with Gasteiger partial charge >= 0.3 is 0 Å². The van der Waals surface area contributed by atoms with Crippen LogP contribution in [0.5, 0.6) is 0 Å². The van der Waals surface area contributed by atoms with Gasteiger partial charge < -0.3 is 0 Å². The van der Waals surface area contributed by atoms with Gasteiger partial charge in [-0.05, 0) is 67.9 Å². The fourth-order valence-corrected chi connectivity index (χ4v) is 5.90. The van der Waals surface area contributed by atoms with Crippen LogP contribution in [0.2, 0.25) is 0 Å². The maximum Gasteiger partial charge on any atom is 0.0973 e. The minimum atomic E-state index is 0.905. The van der Waals surface area contributed by atoms with Crippen molar-refractivity contribution in [1.82, 2.24) is 15.0 Å². The van der Waals surface area contributed by atoms with Crippen molar-refractivity contribution < 1.29 is 0 Å². The van der Waals surface area contributed by atoms with Gasteiger partial charge in [-0.2, -0.15) is 0 Å². The molecule has 3 nitrogen and oxygen atoms in total. The molecule has 0 fully saturated rings. The number of nitrogens with zero attached hydrogens (tertiary/aromatic N) is 3. The third kappa shape index (κ3) is 3.06. The molecule has 8 rings (SSSR count). The van der Waals surface area contributed by atoms with Crippen LogP contribution in [-0.2, 0) is 0 Å². The second-order valence-electron chi connectivity index (χ2n) is 9.63. The normalized spacial score (nSPS) is 11.7. The van der Waals surface area contributed by atoms with Crippen molar-refractivity contribution in [2.24, 2.45) is 0 Å². The number of fused-ring (bicyclic) bond motifs is 6. The summed E-state index contributed by atoms with van der Waals surface area (Å²) in [7, 11) is 0. The van der Waals surface area contributed by atoms with Crippen molar-refractivity contribution in [3.05, 3.63) is 128 Å². The van der Waals surface area contributed by atoms with Gasteiger partial charge in [0, 0.05) is 23.3 Å². The molecule has 0 N–H and O–H groups in total. The predicted octanol–water partition coefficient (Wildman–Crippen LogP) is 8.97. The number of para-hydroxylation sites is 2. The fourth-order valence-electron chi connectivity index (χ4n) is 5.90. The first-order chi connectivity index (χ1) is 18.9. The Morgan fingerprint density at radius 3 is 1.61 bits per heavy atom. The number of pyridine rings is 1. The zero-order chi connectivity index (χ0) is 25.1. The standard InChI is InChI=1S/C35H21N3/c1-6-16-28-23(11-1)29(20-32-35(28)38-31-18-8-7-17-30(31)37-32)34-26-14-4-2-12-24(26)33(22-10-9-19-36-21-22)25-13-3-5-15-27(25)34/h1-21H. The van der Waals surface area contributed by atoms with Gasteiger partial charge in [-0.3, -0.25) is 4.98 Å². The zero-order valence-electron chi connectivity index (χ0n) is 20.5. The lowest BCUT2D eigenvalue weighted by Gasteiger charge is -2.19. The molecule has 0 saturated carbocycles. The molecule has 3 heteroatoms. The fraction of sp³-hybridized carbons (Fsp3) is 0. The maximum absolute atomic E-state index is 5.07. The maximum atomic E-state index is 5.07. The van der Waals surface area contributed by atoms with Gasteiger partial charge in [0.05, 0.1) is 22.1 Å². The molecule has 176 valence electrons. The Kier molecular flexibility index (Phi) is 4.52. The minimum Gasteiger partial charge on any atom is -0.264 e. The molecule has 0 saturated heterocycles. The molecule has 0 atom stereocenters. The number of rotatable bonds is 2. The first-order valence-electron chi connectivity index (χ1n) is 12.8. The molecule has 0 amide bonds. The third-order valence-electron chi connectivity index (χ3n) is 7.50. The summed E-state index contributed by atoms with van der Waals surface area (Å²) in [6.45, 7) is 0. The highest BCUT2D eigenvalue weighted by atomic mass is 14.8. The monoisotopic (exact) mass is 483 g/mol. The Hall–Kier alpha value is -5.15. The highest BCUT2D eigenvalue weighted by Crippen LogP contribution is 2.46. The van der Waals surface area contributed by atoms with Gasteiger partial charge in [0.2, 0.25) is 0 Å². The van der Waals surface area contributed by atoms with Crippen LogP contribution < -0.4 is 0 Å². The molecule has 0 bridgehead atoms. The van der Waals surface area contributed by atoms with E-state index in [1.807, 2.05) is 42.7 Å². The molecule has 0 aliphatic carbocycles. The van der Waals surface area contributed by atoms with Crippen LogP contribution in [-0.4, -0.2) is 15.0 Å². The summed E-state index contributed by atoms with van der Waals surface area (Å²) in [4.78, 5) is 14.6. The van der Waals surface area contributed by atoms with Gasteiger partial charge in [-0.1, -0.05) is 91.0 Å². The van der Waals surface area contributed by atoms with Crippen molar-refractivity contribution >= 4 is 54.4 Å². The minimum absolute atomic E-state index is 0.905. The summed E-state index contributed by atoms with van der Waals surface area (Å²) in [5.74, 6) is 0. The van der Waals surface area contributed by atoms with E-state index in [0.29, 0.717) is 0 Å². The molecule has 0 radical (unpaired) electrons. The lowest BCUT2D eigenvalue weighted by Crippen LogP contribution is -1.94. The molecule has 0 aliphatic rings. The van der Waals surface area contributed by atoms with Crippen LogP contribution in [0.3, 0.4) is 0 Å². The molecule has 2 heterocycles. The summed E-state index contributed by atoms with van der Waals surface area (Å²) in [6, 6.07) is 40.5. The Morgan fingerprint density at radius 1 is 0.421 bits per heavy atom. The van der Waals surface area contributed by atoms with E-state index < -0.39 is 0 Å². The Bertz CT molecular complexity index is 2130. The molecular formula is C35H21N3. The zero-order valence-corrected chi connectivity index (χ0v) is 20.5. The molecule has 6 aromatic carbocycles. The van der Waals surface area contributed by atoms with Crippen LogP contribution in [0.25, 0.3) is 76.6 Å². The summed E-state index contributed by atoms with van der Waals surface area (Å²) in [5.41, 5.74) is 8.37. The number of hydrogen-bond donors (Lipinski definition) is 0. The average molecular weight is 484 g/mol. The predicted molar refractivity (Wildman–Crippen MR) is 158 cm³/mol. The largest absolute Gasteiger partial charge is 0.264 e. The highest BCUT2D eigenvalue weighted by molar-refractivity contribution is 6.25. The van der Waals surface area contributed by atoms with E-state index in [-0.39, 0.29) is 0 Å². The van der Waals surface area contributed by atoms with Crippen molar-refractivity contribution in [2.45, 2.75) is 0 Å². The highest BCUT2D eigenvalue weighted by Gasteiger charge is 2.19. The molecular weight excluding hydrogens is 462 g/mol. The summed E-state index contributed by atoms with van der Waals surface area (Å²) < 4.78 is 0. The molecule has 0 aliphatic heterocycles. The molecule has 2 aromatic heterocycles. The lowest BCUT2D eigenvalue weighted by atomic mass is 9.85. The summed E-state index contributed by atoms with van der Waals surface area (Å²) in [5, 5.41) is 7.13. The van der Waals surface area contributed by atoms with Crippen molar-refractivity contribution in [1.29, 1.82) is 0 Å². The summed E-state index contributed by atoms with van der Waals surface area (Å²) in [6.07, 6.45) is 3.79. The van der Waals surface area contributed by atoms with Crippen LogP contribution in [0.1, 0.15) is 0 Å². The van der Waals surface area contributed by atoms with E-state index in [9.17, 15) is 0 Å². The van der Waals surface area contributed by atoms with Crippen molar-refractivity contribution in [2.75, 3.05) is 0 Å². The van der Waals surface area contributed by atoms with Gasteiger partial charge in [-0.25, -0.2) is 9.97 Å². The van der Waals surface area contributed by atoms with E-state index in [1.165, 1.54) is 43.6 Å². The number of benzene rings is 6. The third-order valence-corrected chi connectivity index (χ3v) is 7.50. The second kappa shape index (κ2) is 8.19. The Morgan fingerprint density at radius 2 is 0.974 bits per heavy atom. The second-order valence-corrected chi connectivity index (χ2v) is 9.63. The number of hydrogen-bond acceptors (Lipinski definition) is 3. The average Bonchev–Trinajstić information content (AvgIpc) is 2.99. The Labute approximate surface area is 219 Å². The van der Waals surface area contributed by atoms with E-state index >= 15 is 0 Å². The molecule has 0 unspecified atom stereocenters. The van der Waals surface area contributed by atoms with Crippen LogP contribution in [0, 0.1) is 0 Å². The summed E-state index contributed by atoms with van der Waals surface area (Å²) >= 11 is 0. The van der Waals surface area contributed by atoms with Crippen LogP contribution >= 0.6 is 0 Å². The first kappa shape index (κ1) is 21.0. The van der Waals surface area contributed by atoms with Gasteiger partial charge in [0.1, 0.15) is 0 Å². The number of aromatic nitrogens is 3. The van der Waals surface area contributed by atoms with Crippen LogP contribution in [0.4, 0.5) is 0 Å². The first-order valence-corrected chi connectivity index (χ1v) is 12.8. The van der Waals surface area contributed by atoms with E-state index in [1.54, 1.807) is 0 Å². The van der Waals surface area contributed by atoms with Crippen LogP contribution in [0.15, 0.2) is 128 Å². The quantitative estimate of drug-likeness (QED) is 0.182. The SMILES string of the molecule is c1cncc(-c2c3ccccc3c(-c3cc4nc5ccccc5nc4c4ccccc34)c3ccccc23)c1.